The van der Waals surface area contributed by atoms with Crippen LogP contribution in [-0.4, -0.2) is 26.0 Å². The van der Waals surface area contributed by atoms with Gasteiger partial charge in [0.15, 0.2) is 5.78 Å². The van der Waals surface area contributed by atoms with E-state index in [4.69, 9.17) is 9.47 Å². The average Bonchev–Trinajstić information content (AvgIpc) is 2.67. The number of rotatable bonds is 5. The molecular weight excluding hydrogens is 332 g/mol. The number of Topliss-reactive ketones (excluding diaryl/α,β-unsaturated/α-hetero) is 1. The highest BCUT2D eigenvalue weighted by Crippen LogP contribution is 2.38. The molecule has 0 spiro atoms. The Morgan fingerprint density at radius 3 is 2.46 bits per heavy atom. The summed E-state index contributed by atoms with van der Waals surface area (Å²) in [5.41, 5.74) is 1.58. The van der Waals surface area contributed by atoms with Crippen LogP contribution in [0.3, 0.4) is 0 Å². The average molecular weight is 352 g/mol. The van der Waals surface area contributed by atoms with E-state index in [2.05, 4.69) is 17.2 Å². The van der Waals surface area contributed by atoms with Crippen molar-refractivity contribution in [2.45, 2.75) is 6.04 Å². The molecule has 0 bridgehead atoms. The third-order valence-corrected chi connectivity index (χ3v) is 4.39. The number of amides is 2. The normalized spacial score (nSPS) is 19.3. The predicted molar refractivity (Wildman–Crippen MR) is 97.4 cm³/mol. The maximum Gasteiger partial charge on any atom is 0.319 e. The molecule has 0 saturated carbocycles. The van der Waals surface area contributed by atoms with Gasteiger partial charge in [0.05, 0.1) is 26.2 Å². The minimum Gasteiger partial charge on any atom is -0.497 e. The Morgan fingerprint density at radius 1 is 1.08 bits per heavy atom. The summed E-state index contributed by atoms with van der Waals surface area (Å²) >= 11 is 0. The summed E-state index contributed by atoms with van der Waals surface area (Å²) in [6, 6.07) is 13.2. The molecule has 2 amide bonds. The first kappa shape index (κ1) is 17.5. The van der Waals surface area contributed by atoms with Gasteiger partial charge >= 0.3 is 6.03 Å². The van der Waals surface area contributed by atoms with E-state index < -0.39 is 18.0 Å². The van der Waals surface area contributed by atoms with Crippen molar-refractivity contribution in [1.82, 2.24) is 10.6 Å². The summed E-state index contributed by atoms with van der Waals surface area (Å²) in [5, 5.41) is 5.43. The van der Waals surface area contributed by atoms with Gasteiger partial charge in [0.1, 0.15) is 11.5 Å². The molecule has 2 aromatic carbocycles. The van der Waals surface area contributed by atoms with Crippen LogP contribution in [0.5, 0.6) is 11.5 Å². The molecule has 2 aromatic rings. The zero-order chi connectivity index (χ0) is 18.7. The lowest BCUT2D eigenvalue weighted by molar-refractivity contribution is 0.0904. The molecule has 0 radical (unpaired) electrons. The van der Waals surface area contributed by atoms with Gasteiger partial charge in [0.2, 0.25) is 0 Å². The van der Waals surface area contributed by atoms with Crippen LogP contribution in [0.25, 0.3) is 0 Å². The predicted octanol–water partition coefficient (Wildman–Crippen LogP) is 3.07. The SMILES string of the molecule is C=C1NC(=O)N[C@H](c2ccc(OC)cc2OC)[C@H]1C(=O)c1ccccc1. The molecule has 1 aliphatic heterocycles. The number of methoxy groups -OCH3 is 2. The second-order valence-electron chi connectivity index (χ2n) is 5.92. The Hall–Kier alpha value is -3.28. The Kier molecular flexibility index (Phi) is 4.93. The van der Waals surface area contributed by atoms with Crippen LogP contribution >= 0.6 is 0 Å². The topological polar surface area (TPSA) is 76.7 Å². The van der Waals surface area contributed by atoms with Gasteiger partial charge in [0.25, 0.3) is 0 Å². The smallest absolute Gasteiger partial charge is 0.319 e. The van der Waals surface area contributed by atoms with Crippen molar-refractivity contribution < 1.29 is 19.1 Å². The van der Waals surface area contributed by atoms with Gasteiger partial charge in [-0.05, 0) is 12.1 Å². The number of ketones is 1. The first-order valence-electron chi connectivity index (χ1n) is 8.12. The van der Waals surface area contributed by atoms with Crippen molar-refractivity contribution in [2.75, 3.05) is 14.2 Å². The zero-order valence-corrected chi connectivity index (χ0v) is 14.6. The first-order chi connectivity index (χ1) is 12.5. The molecule has 1 fully saturated rings. The van der Waals surface area contributed by atoms with Gasteiger partial charge in [-0.2, -0.15) is 0 Å². The molecule has 2 N–H and O–H groups in total. The Labute approximate surface area is 151 Å². The highest BCUT2D eigenvalue weighted by molar-refractivity contribution is 6.01. The molecule has 26 heavy (non-hydrogen) atoms. The van der Waals surface area contributed by atoms with Crippen LogP contribution in [0.2, 0.25) is 0 Å². The second-order valence-corrected chi connectivity index (χ2v) is 5.92. The van der Waals surface area contributed by atoms with E-state index in [1.165, 1.54) is 7.11 Å². The van der Waals surface area contributed by atoms with Gasteiger partial charge in [-0.15, -0.1) is 0 Å². The van der Waals surface area contributed by atoms with Gasteiger partial charge in [0, 0.05) is 22.9 Å². The molecule has 1 aliphatic rings. The number of urea groups is 1. The Bertz CT molecular complexity index is 848. The summed E-state index contributed by atoms with van der Waals surface area (Å²) in [6.45, 7) is 3.90. The van der Waals surface area contributed by atoms with E-state index in [1.54, 1.807) is 49.6 Å². The van der Waals surface area contributed by atoms with Crippen molar-refractivity contribution in [3.05, 3.63) is 71.9 Å². The second kappa shape index (κ2) is 7.31. The Balaban J connectivity index is 2.05. The number of hydrogen-bond donors (Lipinski definition) is 2. The van der Waals surface area contributed by atoms with E-state index in [0.29, 0.717) is 28.3 Å². The van der Waals surface area contributed by atoms with Crippen LogP contribution in [0.4, 0.5) is 4.79 Å². The molecule has 6 heteroatoms. The maximum absolute atomic E-state index is 13.1. The third-order valence-electron chi connectivity index (χ3n) is 4.39. The molecule has 3 rings (SSSR count). The number of ether oxygens (including phenoxy) is 2. The van der Waals surface area contributed by atoms with Crippen molar-refractivity contribution in [2.24, 2.45) is 5.92 Å². The summed E-state index contributed by atoms with van der Waals surface area (Å²) in [5.74, 6) is 0.342. The van der Waals surface area contributed by atoms with Crippen molar-refractivity contribution in [1.29, 1.82) is 0 Å². The highest BCUT2D eigenvalue weighted by Gasteiger charge is 2.39. The molecule has 134 valence electrons. The third kappa shape index (κ3) is 3.26. The number of benzene rings is 2. The standard InChI is InChI=1S/C20H20N2O4/c1-12-17(19(23)13-7-5-4-6-8-13)18(22-20(24)21-12)15-10-9-14(25-2)11-16(15)26-3/h4-11,17-18H,1H2,2-3H3,(H2,21,22,24)/t17-,18+/m0/s1. The Morgan fingerprint density at radius 2 is 1.81 bits per heavy atom. The number of hydrogen-bond acceptors (Lipinski definition) is 4. The van der Waals surface area contributed by atoms with Crippen LogP contribution in [0.15, 0.2) is 60.8 Å². The lowest BCUT2D eigenvalue weighted by Gasteiger charge is -2.34. The molecular formula is C20H20N2O4. The van der Waals surface area contributed by atoms with Crippen LogP contribution in [-0.2, 0) is 0 Å². The number of carbonyl (C=O) groups excluding carboxylic acids is 2. The van der Waals surface area contributed by atoms with Crippen molar-refractivity contribution >= 4 is 11.8 Å². The van der Waals surface area contributed by atoms with Gasteiger partial charge < -0.3 is 20.1 Å². The molecule has 1 heterocycles. The largest absolute Gasteiger partial charge is 0.497 e. The fourth-order valence-corrected chi connectivity index (χ4v) is 3.11. The van der Waals surface area contributed by atoms with Gasteiger partial charge in [-0.25, -0.2) is 4.79 Å². The van der Waals surface area contributed by atoms with E-state index in [9.17, 15) is 9.59 Å². The van der Waals surface area contributed by atoms with Crippen molar-refractivity contribution in [3.63, 3.8) is 0 Å². The monoisotopic (exact) mass is 352 g/mol. The van der Waals surface area contributed by atoms with E-state index >= 15 is 0 Å². The summed E-state index contributed by atoms with van der Waals surface area (Å²) in [4.78, 5) is 25.1. The van der Waals surface area contributed by atoms with E-state index in [-0.39, 0.29) is 5.78 Å². The molecule has 0 unspecified atom stereocenters. The molecule has 6 nitrogen and oxygen atoms in total. The molecule has 0 aromatic heterocycles. The van der Waals surface area contributed by atoms with Crippen LogP contribution in [0, 0.1) is 5.92 Å². The minimum atomic E-state index is -0.669. The van der Waals surface area contributed by atoms with Crippen LogP contribution in [0.1, 0.15) is 22.0 Å². The number of carbonyl (C=O) groups is 2. The maximum atomic E-state index is 13.1. The minimum absolute atomic E-state index is 0.133. The number of nitrogens with one attached hydrogen (secondary N) is 2. The molecule has 2 atom stereocenters. The van der Waals surface area contributed by atoms with Crippen LogP contribution < -0.4 is 20.1 Å². The summed E-state index contributed by atoms with van der Waals surface area (Å²) in [6.07, 6.45) is 0. The molecule has 1 saturated heterocycles. The quantitative estimate of drug-likeness (QED) is 0.811. The fraction of sp³-hybridized carbons (Fsp3) is 0.200. The lowest BCUT2D eigenvalue weighted by Crippen LogP contribution is -2.50. The fourth-order valence-electron chi connectivity index (χ4n) is 3.11. The zero-order valence-electron chi connectivity index (χ0n) is 14.6. The van der Waals surface area contributed by atoms with E-state index in [0.717, 1.165) is 0 Å². The first-order valence-corrected chi connectivity index (χ1v) is 8.12. The molecule has 0 aliphatic carbocycles. The van der Waals surface area contributed by atoms with Gasteiger partial charge in [-0.3, -0.25) is 4.79 Å². The van der Waals surface area contributed by atoms with Crippen molar-refractivity contribution in [3.8, 4) is 11.5 Å². The van der Waals surface area contributed by atoms with E-state index in [1.807, 2.05) is 6.07 Å². The van der Waals surface area contributed by atoms with Gasteiger partial charge in [-0.1, -0.05) is 36.9 Å². The lowest BCUT2D eigenvalue weighted by atomic mass is 9.83. The summed E-state index contributed by atoms with van der Waals surface area (Å²) < 4.78 is 10.7. The highest BCUT2D eigenvalue weighted by atomic mass is 16.5. The summed E-state index contributed by atoms with van der Waals surface area (Å²) in [7, 11) is 3.09.